The minimum atomic E-state index is 0.0308. The van der Waals surface area contributed by atoms with Crippen molar-refractivity contribution in [3.63, 3.8) is 0 Å². The Kier molecular flexibility index (Phi) is 2.78. The van der Waals surface area contributed by atoms with Crippen LogP contribution in [0.15, 0.2) is 16.9 Å². The summed E-state index contributed by atoms with van der Waals surface area (Å²) in [6.07, 6.45) is 5.60. The summed E-state index contributed by atoms with van der Waals surface area (Å²) < 4.78 is 1.78. The molecule has 0 aromatic carbocycles. The van der Waals surface area contributed by atoms with Crippen LogP contribution in [0.4, 0.5) is 0 Å². The predicted molar refractivity (Wildman–Crippen MR) is 80.4 cm³/mol. The zero-order valence-corrected chi connectivity index (χ0v) is 12.6. The van der Waals surface area contributed by atoms with E-state index in [1.54, 1.807) is 16.7 Å². The van der Waals surface area contributed by atoms with Crippen molar-refractivity contribution in [1.82, 2.24) is 9.47 Å². The van der Waals surface area contributed by atoms with Crippen molar-refractivity contribution in [1.29, 1.82) is 0 Å². The second-order valence-electron chi connectivity index (χ2n) is 7.19. The summed E-state index contributed by atoms with van der Waals surface area (Å²) in [5, 5.41) is 0. The molecule has 4 nitrogen and oxygen atoms in total. The molecule has 0 bridgehead atoms. The van der Waals surface area contributed by atoms with Crippen molar-refractivity contribution in [2.24, 2.45) is 11.3 Å². The smallest absolute Gasteiger partial charge is 0.255 e. The van der Waals surface area contributed by atoms with E-state index >= 15 is 0 Å². The molecule has 1 aromatic heterocycles. The van der Waals surface area contributed by atoms with Gasteiger partial charge in [-0.3, -0.25) is 9.59 Å². The third kappa shape index (κ3) is 2.03. The summed E-state index contributed by atoms with van der Waals surface area (Å²) >= 11 is 0. The summed E-state index contributed by atoms with van der Waals surface area (Å²) in [7, 11) is 0. The van der Waals surface area contributed by atoms with Gasteiger partial charge >= 0.3 is 0 Å². The number of fused-ring (bicyclic) bond motifs is 1. The van der Waals surface area contributed by atoms with E-state index < -0.39 is 0 Å². The first-order valence-electron chi connectivity index (χ1n) is 8.10. The van der Waals surface area contributed by atoms with E-state index in [-0.39, 0.29) is 11.5 Å². The van der Waals surface area contributed by atoms with Gasteiger partial charge in [-0.05, 0) is 49.5 Å². The Bertz CT molecular complexity index is 659. The van der Waals surface area contributed by atoms with Gasteiger partial charge < -0.3 is 9.47 Å². The zero-order valence-electron chi connectivity index (χ0n) is 12.6. The molecule has 2 aliphatic heterocycles. The molecule has 0 N–H and O–H groups in total. The minimum Gasteiger partial charge on any atom is -0.338 e. The largest absolute Gasteiger partial charge is 0.338 e. The van der Waals surface area contributed by atoms with E-state index in [1.807, 2.05) is 4.90 Å². The average Bonchev–Trinajstić information content (AvgIpc) is 3.08. The lowest BCUT2D eigenvalue weighted by molar-refractivity contribution is 0.0769. The van der Waals surface area contributed by atoms with Crippen LogP contribution in [-0.4, -0.2) is 28.5 Å². The fraction of sp³-hybridized carbons (Fsp3) is 0.647. The molecule has 2 fully saturated rings. The molecule has 1 amide bonds. The maximum atomic E-state index is 12.9. The Labute approximate surface area is 124 Å². The van der Waals surface area contributed by atoms with Crippen molar-refractivity contribution in [2.75, 3.05) is 13.1 Å². The van der Waals surface area contributed by atoms with Crippen LogP contribution in [0.2, 0.25) is 0 Å². The quantitative estimate of drug-likeness (QED) is 0.835. The molecular weight excluding hydrogens is 264 g/mol. The molecule has 1 aromatic rings. The molecule has 1 atom stereocenters. The van der Waals surface area contributed by atoms with Gasteiger partial charge in [-0.25, -0.2) is 0 Å². The highest BCUT2D eigenvalue weighted by Crippen LogP contribution is 2.50. The van der Waals surface area contributed by atoms with Gasteiger partial charge in [0.05, 0.1) is 5.56 Å². The van der Waals surface area contributed by atoms with Gasteiger partial charge in [0, 0.05) is 31.4 Å². The second kappa shape index (κ2) is 4.46. The summed E-state index contributed by atoms with van der Waals surface area (Å²) in [6.45, 7) is 4.84. The number of hydrogen-bond donors (Lipinski definition) is 0. The number of amides is 1. The molecule has 1 aliphatic carbocycles. The van der Waals surface area contributed by atoms with Crippen molar-refractivity contribution in [3.05, 3.63) is 33.7 Å². The Balaban J connectivity index is 1.62. The number of carbonyl (C=O) groups is 1. The van der Waals surface area contributed by atoms with Crippen LogP contribution in [0.25, 0.3) is 0 Å². The lowest BCUT2D eigenvalue weighted by Crippen LogP contribution is -2.33. The predicted octanol–water partition coefficient (Wildman–Crippen LogP) is 2.06. The first-order chi connectivity index (χ1) is 10.1. The number of likely N-dealkylation sites (tertiary alicyclic amines) is 1. The molecule has 4 heteroatoms. The molecule has 3 aliphatic rings. The maximum Gasteiger partial charge on any atom is 0.255 e. The van der Waals surface area contributed by atoms with Crippen molar-refractivity contribution in [3.8, 4) is 0 Å². The van der Waals surface area contributed by atoms with E-state index in [9.17, 15) is 9.59 Å². The van der Waals surface area contributed by atoms with Gasteiger partial charge in [-0.1, -0.05) is 6.92 Å². The van der Waals surface area contributed by atoms with Gasteiger partial charge in [-0.15, -0.1) is 0 Å². The topological polar surface area (TPSA) is 42.3 Å². The van der Waals surface area contributed by atoms with Crippen molar-refractivity contribution < 1.29 is 4.79 Å². The Morgan fingerprint density at radius 2 is 2.10 bits per heavy atom. The fourth-order valence-corrected chi connectivity index (χ4v) is 4.17. The fourth-order valence-electron chi connectivity index (χ4n) is 4.17. The van der Waals surface area contributed by atoms with E-state index in [0.717, 1.165) is 56.1 Å². The highest BCUT2D eigenvalue weighted by atomic mass is 16.2. The van der Waals surface area contributed by atoms with Gasteiger partial charge in [0.25, 0.3) is 11.5 Å². The Morgan fingerprint density at radius 1 is 1.29 bits per heavy atom. The Morgan fingerprint density at radius 3 is 2.86 bits per heavy atom. The van der Waals surface area contributed by atoms with Gasteiger partial charge in [0.1, 0.15) is 0 Å². The second-order valence-corrected chi connectivity index (χ2v) is 7.19. The number of rotatable bonds is 2. The van der Waals surface area contributed by atoms with Gasteiger partial charge in [-0.2, -0.15) is 0 Å². The zero-order chi connectivity index (χ0) is 14.6. The highest BCUT2D eigenvalue weighted by Gasteiger charge is 2.47. The Hall–Kier alpha value is -1.58. The number of nitrogens with zero attached hydrogens (tertiary/aromatic N) is 2. The molecule has 3 heterocycles. The van der Waals surface area contributed by atoms with Crippen LogP contribution in [0.3, 0.4) is 0 Å². The maximum absolute atomic E-state index is 12.9. The van der Waals surface area contributed by atoms with Crippen LogP contribution >= 0.6 is 0 Å². The molecule has 1 saturated carbocycles. The third-order valence-corrected chi connectivity index (χ3v) is 5.68. The van der Waals surface area contributed by atoms with Crippen LogP contribution in [-0.2, 0) is 13.0 Å². The van der Waals surface area contributed by atoms with Gasteiger partial charge in [0.2, 0.25) is 0 Å². The molecule has 0 radical (unpaired) electrons. The first kappa shape index (κ1) is 13.1. The molecule has 21 heavy (non-hydrogen) atoms. The van der Waals surface area contributed by atoms with E-state index in [4.69, 9.17) is 0 Å². The molecule has 1 saturated heterocycles. The van der Waals surface area contributed by atoms with Crippen molar-refractivity contribution >= 4 is 5.91 Å². The molecular formula is C17H22N2O2. The highest BCUT2D eigenvalue weighted by molar-refractivity contribution is 5.95. The molecule has 1 unspecified atom stereocenters. The lowest BCUT2D eigenvalue weighted by atomic mass is 9.84. The average molecular weight is 286 g/mol. The summed E-state index contributed by atoms with van der Waals surface area (Å²) in [6, 6.07) is 3.30. The summed E-state index contributed by atoms with van der Waals surface area (Å²) in [5.41, 5.74) is 2.06. The summed E-state index contributed by atoms with van der Waals surface area (Å²) in [4.78, 5) is 26.7. The van der Waals surface area contributed by atoms with E-state index in [0.29, 0.717) is 5.41 Å². The molecule has 0 spiro atoms. The van der Waals surface area contributed by atoms with Crippen LogP contribution in [0.5, 0.6) is 0 Å². The third-order valence-electron chi connectivity index (χ3n) is 5.68. The van der Waals surface area contributed by atoms with Gasteiger partial charge in [0.15, 0.2) is 0 Å². The van der Waals surface area contributed by atoms with E-state index in [1.165, 1.54) is 12.8 Å². The number of pyridine rings is 1. The van der Waals surface area contributed by atoms with E-state index in [2.05, 4.69) is 6.92 Å². The normalized spacial score (nSPS) is 28.0. The van der Waals surface area contributed by atoms with Crippen molar-refractivity contribution in [2.45, 2.75) is 45.6 Å². The number of carbonyl (C=O) groups excluding carboxylic acids is 1. The lowest BCUT2D eigenvalue weighted by Gasteiger charge is -2.24. The SMILES string of the molecule is CC1(C2CC2)CCN(C(=O)c2ccc(=O)n3c2CCC3)C1. The standard InChI is InChI=1S/C17H22N2O2/c1-17(12-4-5-12)8-10-18(11-17)16(21)13-6-7-15(20)19-9-2-3-14(13)19/h6-7,12H,2-5,8-11H2,1H3. The van der Waals surface area contributed by atoms with Crippen LogP contribution in [0.1, 0.15) is 48.7 Å². The molecule has 4 rings (SSSR count). The summed E-state index contributed by atoms with van der Waals surface area (Å²) in [5.74, 6) is 0.949. The van der Waals surface area contributed by atoms with Crippen LogP contribution < -0.4 is 5.56 Å². The number of aromatic nitrogens is 1. The monoisotopic (exact) mass is 286 g/mol. The first-order valence-corrected chi connectivity index (χ1v) is 8.10. The molecule has 112 valence electrons. The number of hydrogen-bond acceptors (Lipinski definition) is 2. The minimum absolute atomic E-state index is 0.0308. The van der Waals surface area contributed by atoms with Crippen LogP contribution in [0, 0.1) is 11.3 Å².